The van der Waals surface area contributed by atoms with Crippen molar-refractivity contribution in [1.29, 1.82) is 0 Å². The van der Waals surface area contributed by atoms with Crippen LogP contribution in [0.25, 0.3) is 0 Å². The number of carboxylic acid groups (broad SMARTS) is 1. The minimum Gasteiger partial charge on any atom is -0.489 e. The zero-order valence-electron chi connectivity index (χ0n) is 20.7. The summed E-state index contributed by atoms with van der Waals surface area (Å²) in [4.78, 5) is 35.2. The van der Waals surface area contributed by atoms with Crippen molar-refractivity contribution in [3.8, 4) is 5.75 Å². The summed E-state index contributed by atoms with van der Waals surface area (Å²) >= 11 is 0. The molecule has 0 bridgehead atoms. The first-order chi connectivity index (χ1) is 15.1. The summed E-state index contributed by atoms with van der Waals surface area (Å²) in [6, 6.07) is 3.77. The van der Waals surface area contributed by atoms with E-state index in [-0.39, 0.29) is 18.2 Å². The number of carbonyl (C=O) groups excluding carboxylic acids is 2. The quantitative estimate of drug-likeness (QED) is 0.428. The van der Waals surface area contributed by atoms with E-state index in [1.54, 1.807) is 61.5 Å². The highest BCUT2D eigenvalue weighted by atomic mass is 16.6. The molecule has 0 radical (unpaired) electrons. The maximum atomic E-state index is 11.9. The molecule has 2 atom stereocenters. The zero-order chi connectivity index (χ0) is 25.4. The molecule has 1 aromatic carbocycles. The minimum atomic E-state index is -1.09. The van der Waals surface area contributed by atoms with Crippen LogP contribution in [0.2, 0.25) is 0 Å². The van der Waals surface area contributed by atoms with Crippen LogP contribution in [0, 0.1) is 0 Å². The number of aromatic carboxylic acids is 1. The fourth-order valence-corrected chi connectivity index (χ4v) is 2.51. The van der Waals surface area contributed by atoms with Crippen molar-refractivity contribution in [1.82, 2.24) is 10.6 Å². The van der Waals surface area contributed by atoms with Crippen molar-refractivity contribution < 1.29 is 33.7 Å². The van der Waals surface area contributed by atoms with E-state index in [1.807, 2.05) is 0 Å². The van der Waals surface area contributed by atoms with Gasteiger partial charge in [0, 0.05) is 12.6 Å². The molecule has 0 spiro atoms. The lowest BCUT2D eigenvalue weighted by Crippen LogP contribution is -2.41. The lowest BCUT2D eigenvalue weighted by Gasteiger charge is -2.23. The second-order valence-corrected chi connectivity index (χ2v) is 9.80. The lowest BCUT2D eigenvalue weighted by molar-refractivity contribution is 0.0487. The number of amides is 2. The summed E-state index contributed by atoms with van der Waals surface area (Å²) in [5.41, 5.74) is -0.623. The number of nitrogens with one attached hydrogen (secondary N) is 3. The number of benzene rings is 1. The van der Waals surface area contributed by atoms with E-state index in [1.165, 1.54) is 12.1 Å². The predicted octanol–water partition coefficient (Wildman–Crippen LogP) is 4.00. The van der Waals surface area contributed by atoms with E-state index in [2.05, 4.69) is 16.0 Å². The number of hydrogen-bond acceptors (Lipinski definition) is 7. The number of carboxylic acids is 1. The number of ether oxygens (including phenoxy) is 3. The Labute approximate surface area is 195 Å². The highest BCUT2D eigenvalue weighted by Crippen LogP contribution is 2.26. The molecule has 0 fully saturated rings. The Bertz CT molecular complexity index is 828. The first kappa shape index (κ1) is 27.9. The summed E-state index contributed by atoms with van der Waals surface area (Å²) in [6.07, 6.45) is -1.10. The molecule has 0 aliphatic rings. The van der Waals surface area contributed by atoms with Crippen molar-refractivity contribution in [3.63, 3.8) is 0 Å². The zero-order valence-corrected chi connectivity index (χ0v) is 20.7. The van der Waals surface area contributed by atoms with Crippen LogP contribution >= 0.6 is 0 Å². The van der Waals surface area contributed by atoms with Gasteiger partial charge in [-0.05, 0) is 73.6 Å². The Balaban J connectivity index is 2.76. The van der Waals surface area contributed by atoms with Crippen LogP contribution in [0.3, 0.4) is 0 Å². The number of rotatable bonds is 9. The molecule has 0 heterocycles. The molecule has 1 rings (SSSR count). The van der Waals surface area contributed by atoms with Crippen LogP contribution in [0.1, 0.15) is 65.7 Å². The highest BCUT2D eigenvalue weighted by molar-refractivity contribution is 5.89. The predicted molar refractivity (Wildman–Crippen MR) is 125 cm³/mol. The number of carbonyl (C=O) groups is 3. The maximum Gasteiger partial charge on any atom is 0.407 e. The van der Waals surface area contributed by atoms with E-state index in [4.69, 9.17) is 14.2 Å². The fourth-order valence-electron chi connectivity index (χ4n) is 2.51. The third-order valence-corrected chi connectivity index (χ3v) is 3.84. The van der Waals surface area contributed by atoms with E-state index in [9.17, 15) is 19.5 Å². The average molecular weight is 468 g/mol. The maximum absolute atomic E-state index is 11.9. The molecular formula is C23H37N3O7. The summed E-state index contributed by atoms with van der Waals surface area (Å²) in [5, 5.41) is 17.8. The number of anilines is 1. The van der Waals surface area contributed by atoms with Crippen molar-refractivity contribution in [2.75, 3.05) is 18.5 Å². The largest absolute Gasteiger partial charge is 0.489 e. The molecule has 0 saturated carbocycles. The van der Waals surface area contributed by atoms with Crippen molar-refractivity contribution in [3.05, 3.63) is 23.8 Å². The van der Waals surface area contributed by atoms with Gasteiger partial charge in [0.1, 0.15) is 23.6 Å². The van der Waals surface area contributed by atoms with Gasteiger partial charge in [-0.2, -0.15) is 0 Å². The Hall–Kier alpha value is -3.17. The summed E-state index contributed by atoms with van der Waals surface area (Å²) < 4.78 is 16.3. The standard InChI is InChI=1S/C23H37N3O7/c1-14(25-20(29)32-22(3,4)5)12-24-17-10-9-16(19(27)28)11-18(17)31-13-15(2)26-21(30)33-23(6,7)8/h9-11,14-15,24H,12-13H2,1-8H3,(H,25,29)(H,26,30)(H,27,28)/t14-,15-/m0/s1. The molecule has 33 heavy (non-hydrogen) atoms. The molecule has 1 aromatic rings. The van der Waals surface area contributed by atoms with Gasteiger partial charge in [0.2, 0.25) is 0 Å². The van der Waals surface area contributed by atoms with Crippen LogP contribution in [-0.2, 0) is 9.47 Å². The third kappa shape index (κ3) is 11.9. The number of alkyl carbamates (subject to hydrolysis) is 2. The molecule has 0 aliphatic carbocycles. The smallest absolute Gasteiger partial charge is 0.407 e. The molecule has 186 valence electrons. The van der Waals surface area contributed by atoms with E-state index in [0.717, 1.165) is 0 Å². The molecular weight excluding hydrogens is 430 g/mol. The minimum absolute atomic E-state index is 0.0585. The van der Waals surface area contributed by atoms with E-state index in [0.29, 0.717) is 18.0 Å². The molecule has 0 unspecified atom stereocenters. The second-order valence-electron chi connectivity index (χ2n) is 9.80. The Morgan fingerprint density at radius 1 is 0.909 bits per heavy atom. The van der Waals surface area contributed by atoms with Crippen LogP contribution in [-0.4, -0.2) is 59.7 Å². The van der Waals surface area contributed by atoms with Crippen LogP contribution in [0.4, 0.5) is 15.3 Å². The van der Waals surface area contributed by atoms with Gasteiger partial charge < -0.3 is 35.3 Å². The second kappa shape index (κ2) is 11.6. The molecule has 0 aliphatic heterocycles. The van der Waals surface area contributed by atoms with Crippen LogP contribution in [0.5, 0.6) is 5.75 Å². The van der Waals surface area contributed by atoms with Crippen molar-refractivity contribution in [2.45, 2.75) is 78.7 Å². The van der Waals surface area contributed by atoms with Crippen molar-refractivity contribution in [2.24, 2.45) is 0 Å². The van der Waals surface area contributed by atoms with Gasteiger partial charge >= 0.3 is 18.2 Å². The van der Waals surface area contributed by atoms with Gasteiger partial charge in [-0.1, -0.05) is 0 Å². The Morgan fingerprint density at radius 2 is 1.42 bits per heavy atom. The molecule has 0 saturated heterocycles. The van der Waals surface area contributed by atoms with Gasteiger partial charge in [0.05, 0.1) is 17.3 Å². The van der Waals surface area contributed by atoms with E-state index < -0.39 is 35.4 Å². The molecule has 2 amide bonds. The van der Waals surface area contributed by atoms with Gasteiger partial charge in [0.25, 0.3) is 0 Å². The lowest BCUT2D eigenvalue weighted by atomic mass is 10.2. The number of hydrogen-bond donors (Lipinski definition) is 4. The summed E-state index contributed by atoms with van der Waals surface area (Å²) in [5.74, 6) is -0.788. The SMILES string of the molecule is C[C@@H](CNc1ccc(C(=O)O)cc1OC[C@H](C)NC(=O)OC(C)(C)C)NC(=O)OC(C)(C)C. The van der Waals surface area contributed by atoms with Crippen LogP contribution in [0.15, 0.2) is 18.2 Å². The van der Waals surface area contributed by atoms with Crippen molar-refractivity contribution >= 4 is 23.8 Å². The summed E-state index contributed by atoms with van der Waals surface area (Å²) in [7, 11) is 0. The van der Waals surface area contributed by atoms with Gasteiger partial charge in [-0.15, -0.1) is 0 Å². The fraction of sp³-hybridized carbons (Fsp3) is 0.609. The topological polar surface area (TPSA) is 135 Å². The molecule has 10 heteroatoms. The first-order valence-electron chi connectivity index (χ1n) is 10.8. The van der Waals surface area contributed by atoms with Gasteiger partial charge in [-0.3, -0.25) is 0 Å². The first-order valence-corrected chi connectivity index (χ1v) is 10.8. The Kier molecular flexibility index (Phi) is 9.81. The van der Waals surface area contributed by atoms with Gasteiger partial charge in [-0.25, -0.2) is 14.4 Å². The monoisotopic (exact) mass is 467 g/mol. The van der Waals surface area contributed by atoms with E-state index >= 15 is 0 Å². The van der Waals surface area contributed by atoms with Gasteiger partial charge in [0.15, 0.2) is 0 Å². The Morgan fingerprint density at radius 3 is 1.91 bits per heavy atom. The van der Waals surface area contributed by atoms with Crippen LogP contribution < -0.4 is 20.7 Å². The molecule has 0 aromatic heterocycles. The molecule has 10 nitrogen and oxygen atoms in total. The third-order valence-electron chi connectivity index (χ3n) is 3.84. The average Bonchev–Trinajstić information content (AvgIpc) is 2.61. The molecule has 4 N–H and O–H groups in total. The highest BCUT2D eigenvalue weighted by Gasteiger charge is 2.20. The normalized spacial score (nSPS) is 13.3. The summed E-state index contributed by atoms with van der Waals surface area (Å²) in [6.45, 7) is 14.6.